The first-order chi connectivity index (χ1) is 8.97. The number of halogens is 3. The lowest BCUT2D eigenvalue weighted by atomic mass is 10.1. The number of hydrogen-bond acceptors (Lipinski definition) is 2. The van der Waals surface area contributed by atoms with E-state index >= 15 is 0 Å². The topological polar surface area (TPSA) is 29.3 Å². The van der Waals surface area contributed by atoms with Gasteiger partial charge in [0.1, 0.15) is 11.6 Å². The van der Waals surface area contributed by atoms with Gasteiger partial charge in [0.15, 0.2) is 0 Å². The van der Waals surface area contributed by atoms with E-state index in [-0.39, 0.29) is 6.54 Å². The van der Waals surface area contributed by atoms with Crippen LogP contribution >= 0.6 is 11.6 Å². The minimum Gasteiger partial charge on any atom is -0.397 e. The second-order valence-electron chi connectivity index (χ2n) is 4.29. The van der Waals surface area contributed by atoms with Crippen LogP contribution in [0.15, 0.2) is 36.4 Å². The molecule has 19 heavy (non-hydrogen) atoms. The lowest BCUT2D eigenvalue weighted by Gasteiger charge is -2.21. The van der Waals surface area contributed by atoms with Crippen molar-refractivity contribution in [3.63, 3.8) is 0 Å². The molecule has 2 aromatic carbocycles. The van der Waals surface area contributed by atoms with Crippen molar-refractivity contribution in [3.05, 3.63) is 58.6 Å². The maximum atomic E-state index is 13.6. The zero-order valence-electron chi connectivity index (χ0n) is 10.3. The SMILES string of the molecule is CN(Cc1ccc(F)cc1F)c1cc(Cl)ccc1N. The summed E-state index contributed by atoms with van der Waals surface area (Å²) in [6.45, 7) is 0.274. The van der Waals surface area contributed by atoms with Crippen LogP contribution in [-0.2, 0) is 6.54 Å². The van der Waals surface area contributed by atoms with Crippen molar-refractivity contribution in [2.24, 2.45) is 0 Å². The number of anilines is 2. The van der Waals surface area contributed by atoms with Crippen LogP contribution in [0.5, 0.6) is 0 Å². The van der Waals surface area contributed by atoms with Gasteiger partial charge >= 0.3 is 0 Å². The van der Waals surface area contributed by atoms with E-state index in [9.17, 15) is 8.78 Å². The predicted molar refractivity (Wildman–Crippen MR) is 74.3 cm³/mol. The highest BCUT2D eigenvalue weighted by molar-refractivity contribution is 6.31. The molecule has 100 valence electrons. The molecule has 0 fully saturated rings. The molecule has 2 N–H and O–H groups in total. The van der Waals surface area contributed by atoms with Crippen molar-refractivity contribution in [1.82, 2.24) is 0 Å². The molecule has 0 saturated heterocycles. The van der Waals surface area contributed by atoms with Gasteiger partial charge in [0.2, 0.25) is 0 Å². The van der Waals surface area contributed by atoms with Gasteiger partial charge in [0.05, 0.1) is 11.4 Å². The first kappa shape index (κ1) is 13.6. The van der Waals surface area contributed by atoms with E-state index < -0.39 is 11.6 Å². The molecule has 0 aliphatic heterocycles. The summed E-state index contributed by atoms with van der Waals surface area (Å²) < 4.78 is 26.4. The van der Waals surface area contributed by atoms with Crippen LogP contribution < -0.4 is 10.6 Å². The molecule has 2 aromatic rings. The van der Waals surface area contributed by atoms with Crippen molar-refractivity contribution in [3.8, 4) is 0 Å². The summed E-state index contributed by atoms with van der Waals surface area (Å²) in [5.41, 5.74) is 7.50. The van der Waals surface area contributed by atoms with E-state index in [2.05, 4.69) is 0 Å². The van der Waals surface area contributed by atoms with Crippen LogP contribution in [0.1, 0.15) is 5.56 Å². The Hall–Kier alpha value is -1.81. The zero-order chi connectivity index (χ0) is 14.0. The second-order valence-corrected chi connectivity index (χ2v) is 4.73. The van der Waals surface area contributed by atoms with Gasteiger partial charge in [-0.2, -0.15) is 0 Å². The lowest BCUT2D eigenvalue weighted by molar-refractivity contribution is 0.571. The molecule has 0 aliphatic carbocycles. The molecule has 0 spiro atoms. The minimum atomic E-state index is -0.592. The van der Waals surface area contributed by atoms with Gasteiger partial charge in [0, 0.05) is 30.2 Å². The Balaban J connectivity index is 2.25. The standard InChI is InChI=1S/C14H13ClF2N2/c1-19(14-6-10(15)3-5-13(14)18)8-9-2-4-11(16)7-12(9)17/h2-7H,8,18H2,1H3. The van der Waals surface area contributed by atoms with Gasteiger partial charge in [0.25, 0.3) is 0 Å². The van der Waals surface area contributed by atoms with Crippen LogP contribution in [0.4, 0.5) is 20.2 Å². The van der Waals surface area contributed by atoms with E-state index in [0.717, 1.165) is 6.07 Å². The first-order valence-corrected chi connectivity index (χ1v) is 6.05. The summed E-state index contributed by atoms with van der Waals surface area (Å²) in [6, 6.07) is 8.60. The molecule has 0 atom stereocenters. The third-order valence-corrected chi connectivity index (χ3v) is 3.06. The van der Waals surface area contributed by atoms with Crippen molar-refractivity contribution in [1.29, 1.82) is 0 Å². The third kappa shape index (κ3) is 3.15. The van der Waals surface area contributed by atoms with Gasteiger partial charge in [-0.3, -0.25) is 0 Å². The van der Waals surface area contributed by atoms with Crippen LogP contribution in [0.25, 0.3) is 0 Å². The van der Waals surface area contributed by atoms with Gasteiger partial charge in [-0.05, 0) is 24.3 Å². The van der Waals surface area contributed by atoms with Crippen molar-refractivity contribution < 1.29 is 8.78 Å². The molecule has 0 aromatic heterocycles. The molecule has 5 heteroatoms. The van der Waals surface area contributed by atoms with Gasteiger partial charge < -0.3 is 10.6 Å². The average molecular weight is 283 g/mol. The predicted octanol–water partition coefficient (Wildman–Crippen LogP) is 3.84. The van der Waals surface area contributed by atoms with Crippen molar-refractivity contribution >= 4 is 23.0 Å². The normalized spacial score (nSPS) is 10.5. The van der Waals surface area contributed by atoms with Gasteiger partial charge in [-0.15, -0.1) is 0 Å². The van der Waals surface area contributed by atoms with Gasteiger partial charge in [-0.25, -0.2) is 8.78 Å². The highest BCUT2D eigenvalue weighted by atomic mass is 35.5. The number of nitrogens with zero attached hydrogens (tertiary/aromatic N) is 1. The maximum Gasteiger partial charge on any atom is 0.131 e. The van der Waals surface area contributed by atoms with Crippen molar-refractivity contribution in [2.45, 2.75) is 6.54 Å². The Morgan fingerprint density at radius 1 is 1.16 bits per heavy atom. The second kappa shape index (κ2) is 5.45. The molecule has 0 aliphatic rings. The van der Waals surface area contributed by atoms with Gasteiger partial charge in [-0.1, -0.05) is 17.7 Å². The van der Waals surface area contributed by atoms with Crippen LogP contribution in [0, 0.1) is 11.6 Å². The fourth-order valence-corrected chi connectivity index (χ4v) is 2.00. The highest BCUT2D eigenvalue weighted by Gasteiger charge is 2.10. The minimum absolute atomic E-state index is 0.274. The molecule has 0 heterocycles. The fraction of sp³-hybridized carbons (Fsp3) is 0.143. The smallest absolute Gasteiger partial charge is 0.131 e. The van der Waals surface area contributed by atoms with Crippen LogP contribution in [-0.4, -0.2) is 7.05 Å². The Bertz CT molecular complexity index is 602. The quantitative estimate of drug-likeness (QED) is 0.867. The molecular formula is C14H13ClF2N2. The van der Waals surface area contributed by atoms with Crippen molar-refractivity contribution in [2.75, 3.05) is 17.7 Å². The Kier molecular flexibility index (Phi) is 3.90. The Morgan fingerprint density at radius 3 is 2.58 bits per heavy atom. The molecular weight excluding hydrogens is 270 g/mol. The van der Waals surface area contributed by atoms with Crippen LogP contribution in [0.2, 0.25) is 5.02 Å². The zero-order valence-corrected chi connectivity index (χ0v) is 11.1. The number of rotatable bonds is 3. The Morgan fingerprint density at radius 2 is 1.89 bits per heavy atom. The first-order valence-electron chi connectivity index (χ1n) is 5.67. The lowest BCUT2D eigenvalue weighted by Crippen LogP contribution is -2.18. The summed E-state index contributed by atoms with van der Waals surface area (Å²) >= 11 is 5.91. The maximum absolute atomic E-state index is 13.6. The molecule has 0 unspecified atom stereocenters. The van der Waals surface area contributed by atoms with E-state index in [1.807, 2.05) is 0 Å². The molecule has 2 rings (SSSR count). The summed E-state index contributed by atoms with van der Waals surface area (Å²) in [5, 5.41) is 0.552. The van der Waals surface area contributed by atoms with E-state index in [0.29, 0.717) is 22.0 Å². The average Bonchev–Trinajstić information content (AvgIpc) is 2.35. The summed E-state index contributed by atoms with van der Waals surface area (Å²) in [4.78, 5) is 1.76. The van der Waals surface area contributed by atoms with E-state index in [4.69, 9.17) is 17.3 Å². The molecule has 2 nitrogen and oxygen atoms in total. The fourth-order valence-electron chi connectivity index (χ4n) is 1.84. The monoisotopic (exact) mass is 282 g/mol. The largest absolute Gasteiger partial charge is 0.397 e. The Labute approximate surface area is 115 Å². The molecule has 0 saturated carbocycles. The molecule has 0 bridgehead atoms. The highest BCUT2D eigenvalue weighted by Crippen LogP contribution is 2.27. The number of hydrogen-bond donors (Lipinski definition) is 1. The van der Waals surface area contributed by atoms with Crippen LogP contribution in [0.3, 0.4) is 0 Å². The molecule has 0 amide bonds. The number of nitrogen functional groups attached to an aromatic ring is 1. The third-order valence-electron chi connectivity index (χ3n) is 2.83. The summed E-state index contributed by atoms with van der Waals surface area (Å²) in [6.07, 6.45) is 0. The molecule has 0 radical (unpaired) electrons. The number of nitrogens with two attached hydrogens (primary N) is 1. The summed E-state index contributed by atoms with van der Waals surface area (Å²) in [5.74, 6) is -1.17. The van der Waals surface area contributed by atoms with E-state index in [1.165, 1.54) is 12.1 Å². The van der Waals surface area contributed by atoms with E-state index in [1.54, 1.807) is 30.1 Å². The summed E-state index contributed by atoms with van der Waals surface area (Å²) in [7, 11) is 1.77. The number of benzene rings is 2.